The summed E-state index contributed by atoms with van der Waals surface area (Å²) in [5.41, 5.74) is 0.525. The summed E-state index contributed by atoms with van der Waals surface area (Å²) in [7, 11) is -4.00. The van der Waals surface area contributed by atoms with Crippen molar-refractivity contribution in [2.24, 2.45) is 0 Å². The van der Waals surface area contributed by atoms with Gasteiger partial charge in [-0.2, -0.15) is 4.72 Å². The van der Waals surface area contributed by atoms with E-state index in [2.05, 4.69) is 9.88 Å². The molecule has 1 atom stereocenters. The fourth-order valence-electron chi connectivity index (χ4n) is 2.49. The second-order valence-corrected chi connectivity index (χ2v) is 7.64. The number of nitrogens with zero attached hydrogens (tertiary/aromatic N) is 1. The number of esters is 1. The average molecular weight is 410 g/mol. The molecule has 2 aromatic rings. The second kappa shape index (κ2) is 8.98. The number of sulfonamides is 1. The summed E-state index contributed by atoms with van der Waals surface area (Å²) in [6.07, 6.45) is -1.07. The Morgan fingerprint density at radius 1 is 1.21 bits per heavy atom. The predicted octanol–water partition coefficient (Wildman–Crippen LogP) is 1.78. The van der Waals surface area contributed by atoms with Crippen LogP contribution in [0.5, 0.6) is 5.75 Å². The molecule has 1 aromatic carbocycles. The van der Waals surface area contributed by atoms with Crippen molar-refractivity contribution in [1.29, 1.82) is 0 Å². The Morgan fingerprint density at radius 3 is 2.39 bits per heavy atom. The van der Waals surface area contributed by atoms with Gasteiger partial charge in [-0.15, -0.1) is 0 Å². The number of aromatic nitrogens is 1. The first-order valence-electron chi connectivity index (χ1n) is 8.54. The van der Waals surface area contributed by atoms with Crippen molar-refractivity contribution >= 4 is 21.8 Å². The maximum absolute atomic E-state index is 12.3. The van der Waals surface area contributed by atoms with Crippen LogP contribution in [0, 0.1) is 13.8 Å². The molecule has 0 saturated heterocycles. The van der Waals surface area contributed by atoms with E-state index in [1.54, 1.807) is 24.3 Å². The molecule has 0 aliphatic carbocycles. The third kappa shape index (κ3) is 5.17. The average Bonchev–Trinajstić information content (AvgIpc) is 2.99. The largest absolute Gasteiger partial charge is 0.494 e. The number of carbonyl (C=O) groups excluding carboxylic acids is 2. The summed E-state index contributed by atoms with van der Waals surface area (Å²) in [5, 5.41) is 3.57. The molecule has 0 spiro atoms. The van der Waals surface area contributed by atoms with Gasteiger partial charge in [0.05, 0.1) is 6.61 Å². The summed E-state index contributed by atoms with van der Waals surface area (Å²) in [4.78, 5) is 24.2. The van der Waals surface area contributed by atoms with Gasteiger partial charge in [-0.1, -0.05) is 5.16 Å². The van der Waals surface area contributed by atoms with Crippen molar-refractivity contribution in [3.63, 3.8) is 0 Å². The highest BCUT2D eigenvalue weighted by Crippen LogP contribution is 2.18. The maximum Gasteiger partial charge on any atom is 0.321 e. The van der Waals surface area contributed by atoms with Crippen molar-refractivity contribution in [3.05, 3.63) is 41.3 Å². The molecule has 10 heteroatoms. The molecule has 9 nitrogen and oxygen atoms in total. The molecular formula is C18H22N2O7S. The normalized spacial score (nSPS) is 12.4. The molecule has 28 heavy (non-hydrogen) atoms. The molecule has 2 rings (SSSR count). The predicted molar refractivity (Wildman–Crippen MR) is 98.7 cm³/mol. The first kappa shape index (κ1) is 21.6. The van der Waals surface area contributed by atoms with Gasteiger partial charge >= 0.3 is 5.97 Å². The molecule has 0 bridgehead atoms. The molecule has 1 N–H and O–H groups in total. The first-order chi connectivity index (χ1) is 13.2. The van der Waals surface area contributed by atoms with Gasteiger partial charge in [0.15, 0.2) is 11.9 Å². The van der Waals surface area contributed by atoms with Gasteiger partial charge in [0.2, 0.25) is 15.8 Å². The lowest BCUT2D eigenvalue weighted by Gasteiger charge is -2.13. The molecule has 0 amide bonds. The number of Topliss-reactive ketones (excluding diaryl/α,β-unsaturated/α-hetero) is 1. The van der Waals surface area contributed by atoms with E-state index in [1.807, 2.05) is 6.92 Å². The summed E-state index contributed by atoms with van der Waals surface area (Å²) in [6.45, 7) is 6.06. The van der Waals surface area contributed by atoms with Crippen molar-refractivity contribution in [2.75, 3.05) is 13.2 Å². The van der Waals surface area contributed by atoms with Crippen LogP contribution in [-0.4, -0.2) is 44.6 Å². The Hall–Kier alpha value is -2.72. The number of ketones is 1. The Balaban J connectivity index is 1.94. The highest BCUT2D eigenvalue weighted by atomic mass is 32.2. The zero-order valence-electron chi connectivity index (χ0n) is 16.0. The minimum atomic E-state index is -4.00. The highest BCUT2D eigenvalue weighted by molar-refractivity contribution is 7.89. The fourth-order valence-corrected chi connectivity index (χ4v) is 3.79. The number of nitrogens with one attached hydrogen (secondary N) is 1. The van der Waals surface area contributed by atoms with Crippen LogP contribution in [0.2, 0.25) is 0 Å². The van der Waals surface area contributed by atoms with E-state index in [9.17, 15) is 18.0 Å². The van der Waals surface area contributed by atoms with E-state index in [1.165, 1.54) is 20.8 Å². The number of hydrogen-bond donors (Lipinski definition) is 1. The molecule has 0 radical (unpaired) electrons. The minimum Gasteiger partial charge on any atom is -0.494 e. The molecule has 0 aliphatic heterocycles. The number of rotatable bonds is 9. The van der Waals surface area contributed by atoms with Gasteiger partial charge in [-0.25, -0.2) is 8.42 Å². The van der Waals surface area contributed by atoms with Crippen molar-refractivity contribution in [1.82, 2.24) is 9.88 Å². The summed E-state index contributed by atoms with van der Waals surface area (Å²) in [5.74, 6) is -0.568. The zero-order chi connectivity index (χ0) is 20.9. The number of carbonyl (C=O) groups is 2. The summed E-state index contributed by atoms with van der Waals surface area (Å²) >= 11 is 0. The van der Waals surface area contributed by atoms with E-state index in [4.69, 9.17) is 14.0 Å². The topological polar surface area (TPSA) is 125 Å². The van der Waals surface area contributed by atoms with E-state index in [0.29, 0.717) is 17.9 Å². The van der Waals surface area contributed by atoms with Crippen LogP contribution in [0.25, 0.3) is 0 Å². The molecule has 1 heterocycles. The van der Waals surface area contributed by atoms with Crippen molar-refractivity contribution < 1.29 is 32.0 Å². The molecule has 152 valence electrons. The SMILES string of the molecule is CCOc1ccc(C(=O)[C@@H](C)OC(=O)CNS(=O)(=O)c2c(C)noc2C)cc1. The van der Waals surface area contributed by atoms with Crippen molar-refractivity contribution in [3.8, 4) is 5.75 Å². The molecule has 1 aromatic heterocycles. The quantitative estimate of drug-likeness (QED) is 0.490. The number of benzene rings is 1. The number of hydrogen-bond acceptors (Lipinski definition) is 8. The standard InChI is InChI=1S/C18H22N2O7S/c1-5-25-15-8-6-14(7-9-15)17(22)12(3)26-16(21)10-19-28(23,24)18-11(2)20-27-13(18)4/h6-9,12,19H,5,10H2,1-4H3/t12-/m1/s1. The number of aryl methyl sites for hydroxylation is 2. The third-order valence-corrected chi connectivity index (χ3v) is 5.42. The van der Waals surface area contributed by atoms with Crippen LogP contribution in [0.3, 0.4) is 0 Å². The first-order valence-corrected chi connectivity index (χ1v) is 10.0. The highest BCUT2D eigenvalue weighted by Gasteiger charge is 2.26. The van der Waals surface area contributed by atoms with Crippen LogP contribution in [-0.2, 0) is 19.6 Å². The smallest absolute Gasteiger partial charge is 0.321 e. The maximum atomic E-state index is 12.3. The Kier molecular flexibility index (Phi) is 6.92. The van der Waals surface area contributed by atoms with Gasteiger partial charge in [-0.3, -0.25) is 9.59 Å². The van der Waals surface area contributed by atoms with Gasteiger partial charge in [0, 0.05) is 5.56 Å². The second-order valence-electron chi connectivity index (χ2n) is 5.93. The van der Waals surface area contributed by atoms with Gasteiger partial charge in [0.25, 0.3) is 0 Å². The third-order valence-electron chi connectivity index (χ3n) is 3.77. The van der Waals surface area contributed by atoms with Crippen LogP contribution in [0.15, 0.2) is 33.7 Å². The Bertz CT molecular complexity index is 929. The molecule has 0 fully saturated rings. The van der Waals surface area contributed by atoms with Crippen LogP contribution in [0.1, 0.15) is 35.7 Å². The van der Waals surface area contributed by atoms with Crippen LogP contribution < -0.4 is 9.46 Å². The van der Waals surface area contributed by atoms with Crippen LogP contribution in [0.4, 0.5) is 0 Å². The number of ether oxygens (including phenoxy) is 2. The molecule has 0 saturated carbocycles. The van der Waals surface area contributed by atoms with E-state index >= 15 is 0 Å². The zero-order valence-corrected chi connectivity index (χ0v) is 16.8. The van der Waals surface area contributed by atoms with E-state index in [-0.39, 0.29) is 16.3 Å². The minimum absolute atomic E-state index is 0.109. The van der Waals surface area contributed by atoms with Crippen molar-refractivity contribution in [2.45, 2.75) is 38.7 Å². The molecule has 0 unspecified atom stereocenters. The lowest BCUT2D eigenvalue weighted by molar-refractivity contribution is -0.144. The molecule has 0 aliphatic rings. The van der Waals surface area contributed by atoms with E-state index in [0.717, 1.165) is 0 Å². The lowest BCUT2D eigenvalue weighted by atomic mass is 10.1. The Labute approximate surface area is 163 Å². The van der Waals surface area contributed by atoms with Gasteiger partial charge < -0.3 is 14.0 Å². The fraction of sp³-hybridized carbons (Fsp3) is 0.389. The lowest BCUT2D eigenvalue weighted by Crippen LogP contribution is -2.34. The van der Waals surface area contributed by atoms with E-state index < -0.39 is 34.4 Å². The van der Waals surface area contributed by atoms with Gasteiger partial charge in [0.1, 0.15) is 22.9 Å². The molecular weight excluding hydrogens is 388 g/mol. The Morgan fingerprint density at radius 2 is 1.86 bits per heavy atom. The van der Waals surface area contributed by atoms with Gasteiger partial charge in [-0.05, 0) is 52.0 Å². The van der Waals surface area contributed by atoms with Crippen LogP contribution >= 0.6 is 0 Å². The summed E-state index contributed by atoms with van der Waals surface area (Å²) in [6, 6.07) is 6.42. The summed E-state index contributed by atoms with van der Waals surface area (Å²) < 4.78 is 41.8. The monoisotopic (exact) mass is 410 g/mol.